The zero-order valence-electron chi connectivity index (χ0n) is 8.27. The molecule has 6 heteroatoms. The Morgan fingerprint density at radius 3 is 2.67 bits per heavy atom. The van der Waals surface area contributed by atoms with Gasteiger partial charge in [0.15, 0.2) is 10.8 Å². The number of carbonyl (C=O) groups is 2. The molecule has 1 aromatic heterocycles. The molecular formula is C9H10N2O3S. The van der Waals surface area contributed by atoms with Crippen LogP contribution in [0.4, 0.5) is 5.13 Å². The minimum Gasteiger partial charge on any atom is -0.476 e. The largest absolute Gasteiger partial charge is 0.476 e. The lowest BCUT2D eigenvalue weighted by Crippen LogP contribution is -2.08. The first-order chi connectivity index (χ1) is 6.99. The quantitative estimate of drug-likeness (QED) is 0.769. The van der Waals surface area contributed by atoms with Crippen molar-refractivity contribution in [3.63, 3.8) is 0 Å². The van der Waals surface area contributed by atoms with Gasteiger partial charge < -0.3 is 5.11 Å². The SMILES string of the molecule is CC(C)=CC(=O)Nc1nc(C(=O)O)cs1. The Bertz CT molecular complexity index is 419. The molecule has 1 heterocycles. The van der Waals surface area contributed by atoms with Gasteiger partial charge in [-0.15, -0.1) is 11.3 Å². The first-order valence-corrected chi connectivity index (χ1v) is 5.01. The number of amides is 1. The number of hydrogen-bond acceptors (Lipinski definition) is 4. The second-order valence-corrected chi connectivity index (χ2v) is 3.91. The summed E-state index contributed by atoms with van der Waals surface area (Å²) in [5, 5.41) is 12.7. The van der Waals surface area contributed by atoms with Crippen LogP contribution in [-0.2, 0) is 4.79 Å². The van der Waals surface area contributed by atoms with Gasteiger partial charge in [0.2, 0.25) is 5.91 Å². The van der Waals surface area contributed by atoms with E-state index in [4.69, 9.17) is 5.11 Å². The van der Waals surface area contributed by atoms with Gasteiger partial charge in [0, 0.05) is 11.5 Å². The molecule has 1 amide bonds. The van der Waals surface area contributed by atoms with E-state index < -0.39 is 5.97 Å². The van der Waals surface area contributed by atoms with Crippen molar-refractivity contribution >= 4 is 28.3 Å². The van der Waals surface area contributed by atoms with E-state index in [1.807, 2.05) is 0 Å². The predicted molar refractivity (Wildman–Crippen MR) is 57.1 cm³/mol. The summed E-state index contributed by atoms with van der Waals surface area (Å²) >= 11 is 1.08. The van der Waals surface area contributed by atoms with Crippen LogP contribution in [0.5, 0.6) is 0 Å². The van der Waals surface area contributed by atoms with E-state index in [-0.39, 0.29) is 16.7 Å². The first-order valence-electron chi connectivity index (χ1n) is 4.13. The van der Waals surface area contributed by atoms with Gasteiger partial charge in [-0.1, -0.05) is 5.57 Å². The molecule has 0 aliphatic rings. The van der Waals surface area contributed by atoms with E-state index >= 15 is 0 Å². The van der Waals surface area contributed by atoms with E-state index in [0.29, 0.717) is 0 Å². The Hall–Kier alpha value is -1.69. The summed E-state index contributed by atoms with van der Waals surface area (Å²) in [6.45, 7) is 3.59. The topological polar surface area (TPSA) is 79.3 Å². The van der Waals surface area contributed by atoms with Crippen molar-refractivity contribution in [1.82, 2.24) is 4.98 Å². The van der Waals surface area contributed by atoms with E-state index in [1.165, 1.54) is 11.5 Å². The molecule has 0 saturated carbocycles. The lowest BCUT2D eigenvalue weighted by Gasteiger charge is -1.95. The average Bonchev–Trinajstić information content (AvgIpc) is 2.50. The van der Waals surface area contributed by atoms with Crippen LogP contribution in [-0.4, -0.2) is 22.0 Å². The summed E-state index contributed by atoms with van der Waals surface area (Å²) in [7, 11) is 0. The third kappa shape index (κ3) is 3.51. The molecule has 2 N–H and O–H groups in total. The lowest BCUT2D eigenvalue weighted by molar-refractivity contribution is -0.111. The van der Waals surface area contributed by atoms with Crippen molar-refractivity contribution in [1.29, 1.82) is 0 Å². The fourth-order valence-electron chi connectivity index (χ4n) is 0.833. The first kappa shape index (κ1) is 11.4. The zero-order chi connectivity index (χ0) is 11.4. The van der Waals surface area contributed by atoms with Crippen LogP contribution in [0.15, 0.2) is 17.0 Å². The van der Waals surface area contributed by atoms with Crippen molar-refractivity contribution in [3.8, 4) is 0 Å². The highest BCUT2D eigenvalue weighted by Gasteiger charge is 2.09. The number of nitrogens with zero attached hydrogens (tertiary/aromatic N) is 1. The maximum absolute atomic E-state index is 11.2. The van der Waals surface area contributed by atoms with Gasteiger partial charge in [0.05, 0.1) is 0 Å². The molecule has 0 bridgehead atoms. The zero-order valence-corrected chi connectivity index (χ0v) is 9.09. The summed E-state index contributed by atoms with van der Waals surface area (Å²) in [5.74, 6) is -1.41. The number of anilines is 1. The average molecular weight is 226 g/mol. The predicted octanol–water partition coefficient (Wildman–Crippen LogP) is 1.75. The normalized spacial score (nSPS) is 9.47. The number of carbonyl (C=O) groups excluding carboxylic acids is 1. The van der Waals surface area contributed by atoms with E-state index in [2.05, 4.69) is 10.3 Å². The van der Waals surface area contributed by atoms with Gasteiger partial charge in [-0.2, -0.15) is 0 Å². The molecule has 0 aromatic carbocycles. The summed E-state index contributed by atoms with van der Waals surface area (Å²) in [4.78, 5) is 25.4. The summed E-state index contributed by atoms with van der Waals surface area (Å²) in [5.41, 5.74) is 0.801. The highest BCUT2D eigenvalue weighted by atomic mass is 32.1. The molecule has 0 aliphatic heterocycles. The Labute approximate surface area is 90.5 Å². The third-order valence-corrected chi connectivity index (χ3v) is 2.13. The maximum Gasteiger partial charge on any atom is 0.355 e. The number of allylic oxidation sites excluding steroid dienone is 1. The van der Waals surface area contributed by atoms with Gasteiger partial charge >= 0.3 is 5.97 Å². The Morgan fingerprint density at radius 1 is 1.53 bits per heavy atom. The Kier molecular flexibility index (Phi) is 3.56. The summed E-state index contributed by atoms with van der Waals surface area (Å²) in [6.07, 6.45) is 1.42. The van der Waals surface area contributed by atoms with E-state index in [1.54, 1.807) is 13.8 Å². The third-order valence-electron chi connectivity index (χ3n) is 1.37. The van der Waals surface area contributed by atoms with Crippen molar-refractivity contribution in [2.75, 3.05) is 5.32 Å². The fraction of sp³-hybridized carbons (Fsp3) is 0.222. The van der Waals surface area contributed by atoms with Gasteiger partial charge in [-0.25, -0.2) is 9.78 Å². The summed E-state index contributed by atoms with van der Waals surface area (Å²) in [6, 6.07) is 0. The van der Waals surface area contributed by atoms with Crippen molar-refractivity contribution in [2.24, 2.45) is 0 Å². The molecule has 15 heavy (non-hydrogen) atoms. The van der Waals surface area contributed by atoms with Crippen molar-refractivity contribution in [2.45, 2.75) is 13.8 Å². The molecule has 1 rings (SSSR count). The molecule has 0 aliphatic carbocycles. The minimum absolute atomic E-state index is 0.0625. The van der Waals surface area contributed by atoms with Gasteiger partial charge in [-0.05, 0) is 13.8 Å². The molecule has 5 nitrogen and oxygen atoms in total. The minimum atomic E-state index is -1.10. The van der Waals surface area contributed by atoms with Crippen LogP contribution in [0.2, 0.25) is 0 Å². The molecular weight excluding hydrogens is 216 g/mol. The van der Waals surface area contributed by atoms with Crippen molar-refractivity contribution < 1.29 is 14.7 Å². The van der Waals surface area contributed by atoms with Crippen molar-refractivity contribution in [3.05, 3.63) is 22.7 Å². The number of carboxylic acid groups (broad SMARTS) is 1. The van der Waals surface area contributed by atoms with Crippen LogP contribution in [0, 0.1) is 0 Å². The molecule has 1 aromatic rings. The smallest absolute Gasteiger partial charge is 0.355 e. The van der Waals surface area contributed by atoms with Crippen LogP contribution in [0.3, 0.4) is 0 Å². The standard InChI is InChI=1S/C9H10N2O3S/c1-5(2)3-7(12)11-9-10-6(4-15-9)8(13)14/h3-4H,1-2H3,(H,13,14)(H,10,11,12). The van der Waals surface area contributed by atoms with Crippen LogP contribution in [0.1, 0.15) is 24.3 Å². The summed E-state index contributed by atoms with van der Waals surface area (Å²) < 4.78 is 0. The second-order valence-electron chi connectivity index (χ2n) is 3.05. The number of hydrogen-bond donors (Lipinski definition) is 2. The Morgan fingerprint density at radius 2 is 2.20 bits per heavy atom. The monoisotopic (exact) mass is 226 g/mol. The molecule has 0 spiro atoms. The molecule has 0 atom stereocenters. The number of aromatic carboxylic acids is 1. The van der Waals surface area contributed by atoms with Gasteiger partial charge in [0.1, 0.15) is 0 Å². The number of carboxylic acids is 1. The molecule has 80 valence electrons. The number of thiazole rings is 1. The fourth-order valence-corrected chi connectivity index (χ4v) is 1.52. The van der Waals surface area contributed by atoms with Gasteiger partial charge in [-0.3, -0.25) is 10.1 Å². The second kappa shape index (κ2) is 4.70. The highest BCUT2D eigenvalue weighted by molar-refractivity contribution is 7.14. The Balaban J connectivity index is 2.69. The van der Waals surface area contributed by atoms with Crippen LogP contribution >= 0.6 is 11.3 Å². The van der Waals surface area contributed by atoms with E-state index in [0.717, 1.165) is 16.9 Å². The van der Waals surface area contributed by atoms with E-state index in [9.17, 15) is 9.59 Å². The molecule has 0 fully saturated rings. The molecule has 0 unspecified atom stereocenters. The number of rotatable bonds is 3. The number of nitrogens with one attached hydrogen (secondary N) is 1. The molecule has 0 saturated heterocycles. The molecule has 0 radical (unpaired) electrons. The maximum atomic E-state index is 11.2. The van der Waals surface area contributed by atoms with Gasteiger partial charge in [0.25, 0.3) is 0 Å². The number of aromatic nitrogens is 1. The lowest BCUT2D eigenvalue weighted by atomic mass is 10.3. The van der Waals surface area contributed by atoms with Crippen LogP contribution in [0.25, 0.3) is 0 Å². The highest BCUT2D eigenvalue weighted by Crippen LogP contribution is 2.15. The van der Waals surface area contributed by atoms with Crippen LogP contribution < -0.4 is 5.32 Å².